The van der Waals surface area contributed by atoms with Crippen molar-refractivity contribution in [3.8, 4) is 11.4 Å². The first-order valence-electron chi connectivity index (χ1n) is 8.48. The van der Waals surface area contributed by atoms with Crippen LogP contribution in [0.5, 0.6) is 5.75 Å². The molecule has 0 saturated carbocycles. The molecule has 0 bridgehead atoms. The Bertz CT molecular complexity index is 954. The second-order valence-electron chi connectivity index (χ2n) is 6.04. The number of amides is 1. The van der Waals surface area contributed by atoms with E-state index in [0.717, 1.165) is 17.1 Å². The Hall–Kier alpha value is -3.35. The summed E-state index contributed by atoms with van der Waals surface area (Å²) in [5, 5.41) is 10.4. The number of aromatic nitrogens is 2. The highest BCUT2D eigenvalue weighted by Crippen LogP contribution is 2.25. The van der Waals surface area contributed by atoms with Crippen LogP contribution in [0.2, 0.25) is 0 Å². The minimum absolute atomic E-state index is 0.0113. The van der Waals surface area contributed by atoms with E-state index in [1.807, 2.05) is 44.2 Å². The molecule has 0 spiro atoms. The molecule has 1 heterocycles. The van der Waals surface area contributed by atoms with Crippen LogP contribution in [0.4, 0.5) is 15.8 Å². The number of aryl methyl sites for hydroxylation is 1. The number of nitrogens with zero attached hydrogens (tertiary/aromatic N) is 2. The third-order valence-corrected chi connectivity index (χ3v) is 4.16. The van der Waals surface area contributed by atoms with Gasteiger partial charge in [0, 0.05) is 6.07 Å². The fourth-order valence-corrected chi connectivity index (χ4v) is 2.81. The maximum Gasteiger partial charge on any atom is 0.243 e. The number of ether oxygens (including phenoxy) is 1. The Balaban J connectivity index is 1.71. The van der Waals surface area contributed by atoms with Gasteiger partial charge in [-0.05, 0) is 38.1 Å². The molecule has 0 aliphatic heterocycles. The number of hydrogen-bond acceptors (Lipinski definition) is 4. The summed E-state index contributed by atoms with van der Waals surface area (Å²) in [6, 6.07) is 13.8. The molecular formula is C20H21FN4O2. The molecule has 2 N–H and O–H groups in total. The number of nitrogens with one attached hydrogen (secondary N) is 2. The van der Waals surface area contributed by atoms with Gasteiger partial charge in [0.15, 0.2) is 0 Å². The highest BCUT2D eigenvalue weighted by atomic mass is 19.1. The summed E-state index contributed by atoms with van der Waals surface area (Å²) in [4.78, 5) is 12.4. The smallest absolute Gasteiger partial charge is 0.243 e. The SMILES string of the molecule is COc1cc(F)ccc1NCC(=O)Nc1c(C)nn(-c2ccccc2)c1C. The van der Waals surface area contributed by atoms with Crippen molar-refractivity contribution in [1.82, 2.24) is 9.78 Å². The molecule has 0 radical (unpaired) electrons. The van der Waals surface area contributed by atoms with E-state index in [4.69, 9.17) is 4.74 Å². The first-order chi connectivity index (χ1) is 13.0. The Kier molecular flexibility index (Phi) is 5.40. The van der Waals surface area contributed by atoms with E-state index in [1.165, 1.54) is 25.3 Å². The molecule has 0 atom stereocenters. The first kappa shape index (κ1) is 18.4. The van der Waals surface area contributed by atoms with Gasteiger partial charge in [-0.15, -0.1) is 0 Å². The molecule has 0 aliphatic rings. The standard InChI is InChI=1S/C20H21FN4O2/c1-13-20(14(2)25(24-13)16-7-5-4-6-8-16)23-19(26)12-22-17-10-9-15(21)11-18(17)27-3/h4-11,22H,12H2,1-3H3,(H,23,26). The molecule has 0 aliphatic carbocycles. The largest absolute Gasteiger partial charge is 0.494 e. The van der Waals surface area contributed by atoms with Gasteiger partial charge in [-0.2, -0.15) is 5.10 Å². The molecule has 140 valence electrons. The van der Waals surface area contributed by atoms with E-state index in [1.54, 1.807) is 4.68 Å². The van der Waals surface area contributed by atoms with Crippen molar-refractivity contribution in [2.75, 3.05) is 24.3 Å². The van der Waals surface area contributed by atoms with Gasteiger partial charge in [0.05, 0.1) is 42.1 Å². The van der Waals surface area contributed by atoms with Crippen molar-refractivity contribution >= 4 is 17.3 Å². The summed E-state index contributed by atoms with van der Waals surface area (Å²) in [5.74, 6) is -0.298. The van der Waals surface area contributed by atoms with Gasteiger partial charge in [-0.25, -0.2) is 9.07 Å². The Morgan fingerprint density at radius 2 is 1.93 bits per heavy atom. The van der Waals surface area contributed by atoms with Crippen molar-refractivity contribution in [2.45, 2.75) is 13.8 Å². The van der Waals surface area contributed by atoms with E-state index >= 15 is 0 Å². The van der Waals surface area contributed by atoms with Crippen LogP contribution in [0.15, 0.2) is 48.5 Å². The zero-order valence-corrected chi connectivity index (χ0v) is 15.4. The molecule has 0 unspecified atom stereocenters. The first-order valence-corrected chi connectivity index (χ1v) is 8.48. The predicted molar refractivity (Wildman–Crippen MR) is 103 cm³/mol. The number of rotatable bonds is 6. The quantitative estimate of drug-likeness (QED) is 0.696. The summed E-state index contributed by atoms with van der Waals surface area (Å²) < 4.78 is 20.2. The average Bonchev–Trinajstić information content (AvgIpc) is 2.95. The number of anilines is 2. The van der Waals surface area contributed by atoms with Gasteiger partial charge in [-0.1, -0.05) is 18.2 Å². The molecule has 1 amide bonds. The summed E-state index contributed by atoms with van der Waals surface area (Å²) in [5.41, 5.74) is 3.71. The number of halogens is 1. The molecule has 3 aromatic rings. The van der Waals surface area contributed by atoms with Gasteiger partial charge < -0.3 is 15.4 Å². The molecule has 6 nitrogen and oxygen atoms in total. The lowest BCUT2D eigenvalue weighted by molar-refractivity contribution is -0.114. The monoisotopic (exact) mass is 368 g/mol. The predicted octanol–water partition coefficient (Wildman–Crippen LogP) is 3.69. The zero-order chi connectivity index (χ0) is 19.4. The number of methoxy groups -OCH3 is 1. The highest BCUT2D eigenvalue weighted by molar-refractivity contribution is 5.95. The van der Waals surface area contributed by atoms with Crippen LogP contribution in [0.25, 0.3) is 5.69 Å². The number of para-hydroxylation sites is 1. The summed E-state index contributed by atoms with van der Waals surface area (Å²) >= 11 is 0. The molecule has 3 rings (SSSR count). The lowest BCUT2D eigenvalue weighted by atomic mass is 10.2. The third kappa shape index (κ3) is 4.08. The molecule has 0 fully saturated rings. The third-order valence-electron chi connectivity index (χ3n) is 4.16. The number of carbonyl (C=O) groups excluding carboxylic acids is 1. The number of benzene rings is 2. The summed E-state index contributed by atoms with van der Waals surface area (Å²) in [6.07, 6.45) is 0. The van der Waals surface area contributed by atoms with E-state index in [-0.39, 0.29) is 12.5 Å². The van der Waals surface area contributed by atoms with Crippen molar-refractivity contribution in [2.24, 2.45) is 0 Å². The number of hydrogen-bond donors (Lipinski definition) is 2. The molecule has 27 heavy (non-hydrogen) atoms. The maximum absolute atomic E-state index is 13.3. The van der Waals surface area contributed by atoms with Gasteiger partial charge in [0.1, 0.15) is 11.6 Å². The van der Waals surface area contributed by atoms with Gasteiger partial charge in [0.25, 0.3) is 0 Å². The van der Waals surface area contributed by atoms with E-state index < -0.39 is 5.82 Å². The van der Waals surface area contributed by atoms with Crippen LogP contribution in [0.3, 0.4) is 0 Å². The average molecular weight is 368 g/mol. The van der Waals surface area contributed by atoms with E-state index in [2.05, 4.69) is 15.7 Å². The van der Waals surface area contributed by atoms with Crippen molar-refractivity contribution in [1.29, 1.82) is 0 Å². The van der Waals surface area contributed by atoms with Crippen molar-refractivity contribution < 1.29 is 13.9 Å². The van der Waals surface area contributed by atoms with E-state index in [9.17, 15) is 9.18 Å². The van der Waals surface area contributed by atoms with Crippen LogP contribution < -0.4 is 15.4 Å². The van der Waals surface area contributed by atoms with Gasteiger partial charge in [-0.3, -0.25) is 4.79 Å². The van der Waals surface area contributed by atoms with Crippen LogP contribution in [0.1, 0.15) is 11.4 Å². The minimum atomic E-state index is -0.401. The second-order valence-corrected chi connectivity index (χ2v) is 6.04. The Morgan fingerprint density at radius 1 is 1.19 bits per heavy atom. The topological polar surface area (TPSA) is 68.2 Å². The van der Waals surface area contributed by atoms with Crippen LogP contribution >= 0.6 is 0 Å². The highest BCUT2D eigenvalue weighted by Gasteiger charge is 2.15. The fourth-order valence-electron chi connectivity index (χ4n) is 2.81. The van der Waals surface area contributed by atoms with Crippen molar-refractivity contribution in [3.63, 3.8) is 0 Å². The summed E-state index contributed by atoms with van der Waals surface area (Å²) in [6.45, 7) is 3.76. The molecule has 0 saturated heterocycles. The van der Waals surface area contributed by atoms with Gasteiger partial charge >= 0.3 is 0 Å². The van der Waals surface area contributed by atoms with Crippen LogP contribution in [-0.4, -0.2) is 29.3 Å². The van der Waals surface area contributed by atoms with Gasteiger partial charge in [0.2, 0.25) is 5.91 Å². The molecule has 2 aromatic carbocycles. The van der Waals surface area contributed by atoms with Crippen LogP contribution in [-0.2, 0) is 4.79 Å². The molecule has 7 heteroatoms. The number of carbonyl (C=O) groups is 1. The minimum Gasteiger partial charge on any atom is -0.494 e. The Morgan fingerprint density at radius 3 is 2.63 bits per heavy atom. The molecule has 1 aromatic heterocycles. The zero-order valence-electron chi connectivity index (χ0n) is 15.4. The van der Waals surface area contributed by atoms with E-state index in [0.29, 0.717) is 17.1 Å². The normalized spacial score (nSPS) is 10.5. The Labute approximate surface area is 157 Å². The van der Waals surface area contributed by atoms with Crippen molar-refractivity contribution in [3.05, 3.63) is 65.7 Å². The second kappa shape index (κ2) is 7.90. The lowest BCUT2D eigenvalue weighted by Gasteiger charge is -2.11. The fraction of sp³-hybridized carbons (Fsp3) is 0.200. The lowest BCUT2D eigenvalue weighted by Crippen LogP contribution is -2.22. The summed E-state index contributed by atoms with van der Waals surface area (Å²) in [7, 11) is 1.45. The maximum atomic E-state index is 13.3. The molecular weight excluding hydrogens is 347 g/mol. The van der Waals surface area contributed by atoms with Crippen LogP contribution in [0, 0.1) is 19.7 Å².